The van der Waals surface area contributed by atoms with Gasteiger partial charge in [-0.1, -0.05) is 11.6 Å². The fraction of sp³-hybridized carbons (Fsp3) is 0.100. The first-order chi connectivity index (χ1) is 8.56. The second-order valence-electron chi connectivity index (χ2n) is 3.45. The van der Waals surface area contributed by atoms with Crippen LogP contribution in [0.3, 0.4) is 0 Å². The zero-order chi connectivity index (χ0) is 13.1. The van der Waals surface area contributed by atoms with Crippen LogP contribution in [0.2, 0.25) is 5.02 Å². The Hall–Kier alpha value is -2.28. The molecule has 0 fully saturated rings. The van der Waals surface area contributed by atoms with Crippen LogP contribution in [-0.4, -0.2) is 19.5 Å². The van der Waals surface area contributed by atoms with Crippen LogP contribution in [0.1, 0.15) is 5.69 Å². The van der Waals surface area contributed by atoms with Gasteiger partial charge in [-0.25, -0.2) is 4.79 Å². The SMILES string of the molecule is O=c1ncc([N+](=O)[O-])cn1Cc1cc(Cl)ccn1. The van der Waals surface area contributed by atoms with Gasteiger partial charge in [0.25, 0.3) is 0 Å². The van der Waals surface area contributed by atoms with Crippen LogP contribution < -0.4 is 5.69 Å². The molecular formula is C10H7ClN4O3. The van der Waals surface area contributed by atoms with E-state index in [9.17, 15) is 14.9 Å². The lowest BCUT2D eigenvalue weighted by atomic mass is 10.3. The summed E-state index contributed by atoms with van der Waals surface area (Å²) in [7, 11) is 0. The molecule has 0 spiro atoms. The summed E-state index contributed by atoms with van der Waals surface area (Å²) in [6.45, 7) is 0.0775. The van der Waals surface area contributed by atoms with Crippen molar-refractivity contribution in [3.8, 4) is 0 Å². The highest BCUT2D eigenvalue weighted by molar-refractivity contribution is 6.30. The van der Waals surface area contributed by atoms with Crippen LogP contribution in [0.25, 0.3) is 0 Å². The third kappa shape index (κ3) is 2.69. The monoisotopic (exact) mass is 266 g/mol. The lowest BCUT2D eigenvalue weighted by Gasteiger charge is -2.04. The van der Waals surface area contributed by atoms with E-state index in [-0.39, 0.29) is 12.2 Å². The summed E-state index contributed by atoms with van der Waals surface area (Å²) in [6, 6.07) is 3.17. The third-order valence-electron chi connectivity index (χ3n) is 2.16. The van der Waals surface area contributed by atoms with Gasteiger partial charge in [-0.3, -0.25) is 19.7 Å². The first kappa shape index (κ1) is 12.2. The van der Waals surface area contributed by atoms with Gasteiger partial charge in [0.15, 0.2) is 0 Å². The molecule has 8 heteroatoms. The minimum absolute atomic E-state index is 0.0775. The predicted molar refractivity (Wildman–Crippen MR) is 63.5 cm³/mol. The highest BCUT2D eigenvalue weighted by atomic mass is 35.5. The number of halogens is 1. The Balaban J connectivity index is 2.37. The summed E-state index contributed by atoms with van der Waals surface area (Å²) in [6.07, 6.45) is 3.54. The van der Waals surface area contributed by atoms with Crippen LogP contribution in [0.4, 0.5) is 5.69 Å². The summed E-state index contributed by atoms with van der Waals surface area (Å²) in [5.74, 6) is 0. The smallest absolute Gasteiger partial charge is 0.286 e. The number of nitro groups is 1. The topological polar surface area (TPSA) is 90.9 Å². The second-order valence-corrected chi connectivity index (χ2v) is 3.88. The molecule has 0 unspecified atom stereocenters. The van der Waals surface area contributed by atoms with E-state index in [1.807, 2.05) is 0 Å². The van der Waals surface area contributed by atoms with Crippen molar-refractivity contribution in [2.75, 3.05) is 0 Å². The van der Waals surface area contributed by atoms with Gasteiger partial charge in [-0.05, 0) is 12.1 Å². The highest BCUT2D eigenvalue weighted by Crippen LogP contribution is 2.10. The zero-order valence-corrected chi connectivity index (χ0v) is 9.74. The molecule has 0 amide bonds. The van der Waals surface area contributed by atoms with Crippen LogP contribution >= 0.6 is 11.6 Å². The maximum absolute atomic E-state index is 11.5. The van der Waals surface area contributed by atoms with Gasteiger partial charge < -0.3 is 0 Å². The molecule has 18 heavy (non-hydrogen) atoms. The fourth-order valence-electron chi connectivity index (χ4n) is 1.36. The Morgan fingerprint density at radius 2 is 2.22 bits per heavy atom. The Labute approximate surface area is 106 Å². The van der Waals surface area contributed by atoms with Crippen molar-refractivity contribution in [1.29, 1.82) is 0 Å². The first-order valence-electron chi connectivity index (χ1n) is 4.87. The summed E-state index contributed by atoms with van der Waals surface area (Å²) < 4.78 is 1.11. The highest BCUT2D eigenvalue weighted by Gasteiger charge is 2.09. The van der Waals surface area contributed by atoms with Crippen molar-refractivity contribution in [2.24, 2.45) is 0 Å². The molecule has 7 nitrogen and oxygen atoms in total. The minimum Gasteiger partial charge on any atom is -0.286 e. The van der Waals surface area contributed by atoms with Gasteiger partial charge in [-0.2, -0.15) is 4.98 Å². The molecule has 92 valence electrons. The number of hydrogen-bond acceptors (Lipinski definition) is 5. The molecule has 0 atom stereocenters. The van der Waals surface area contributed by atoms with Gasteiger partial charge in [0.2, 0.25) is 0 Å². The number of rotatable bonds is 3. The Morgan fingerprint density at radius 1 is 1.44 bits per heavy atom. The van der Waals surface area contributed by atoms with Gasteiger partial charge in [0.05, 0.1) is 23.4 Å². The van der Waals surface area contributed by atoms with Crippen LogP contribution in [-0.2, 0) is 6.54 Å². The molecule has 2 aromatic heterocycles. The summed E-state index contributed by atoms with van der Waals surface area (Å²) in [4.78, 5) is 28.9. The van der Waals surface area contributed by atoms with Crippen molar-refractivity contribution in [3.63, 3.8) is 0 Å². The van der Waals surface area contributed by atoms with Crippen LogP contribution in [0.5, 0.6) is 0 Å². The Bertz CT molecular complexity index is 656. The van der Waals surface area contributed by atoms with Crippen molar-refractivity contribution in [2.45, 2.75) is 6.54 Å². The number of hydrogen-bond donors (Lipinski definition) is 0. The fourth-order valence-corrected chi connectivity index (χ4v) is 1.54. The number of nitrogens with zero attached hydrogens (tertiary/aromatic N) is 4. The summed E-state index contributed by atoms with van der Waals surface area (Å²) >= 11 is 5.78. The van der Waals surface area contributed by atoms with E-state index in [2.05, 4.69) is 9.97 Å². The largest absolute Gasteiger partial charge is 0.348 e. The van der Waals surface area contributed by atoms with Crippen molar-refractivity contribution >= 4 is 17.3 Å². The molecule has 2 aromatic rings. The molecule has 0 aliphatic carbocycles. The lowest BCUT2D eigenvalue weighted by Crippen LogP contribution is -2.23. The van der Waals surface area contributed by atoms with Crippen molar-refractivity contribution < 1.29 is 4.92 Å². The van der Waals surface area contributed by atoms with Crippen molar-refractivity contribution in [3.05, 3.63) is 62.0 Å². The molecule has 0 saturated carbocycles. The van der Waals surface area contributed by atoms with Crippen molar-refractivity contribution in [1.82, 2.24) is 14.5 Å². The Kier molecular flexibility index (Phi) is 3.33. The Morgan fingerprint density at radius 3 is 2.89 bits per heavy atom. The van der Waals surface area contributed by atoms with Gasteiger partial charge in [-0.15, -0.1) is 0 Å². The quantitative estimate of drug-likeness (QED) is 0.616. The van der Waals surface area contributed by atoms with E-state index in [0.29, 0.717) is 10.7 Å². The molecule has 2 rings (SSSR count). The van der Waals surface area contributed by atoms with E-state index >= 15 is 0 Å². The van der Waals surface area contributed by atoms with E-state index in [1.165, 1.54) is 6.20 Å². The molecule has 0 aromatic carbocycles. The standard InChI is InChI=1S/C10H7ClN4O3/c11-7-1-2-12-8(3-7)5-14-6-9(15(17)18)4-13-10(14)16/h1-4,6H,5H2. The van der Waals surface area contributed by atoms with Gasteiger partial charge >= 0.3 is 11.4 Å². The maximum Gasteiger partial charge on any atom is 0.348 e. The van der Waals surface area contributed by atoms with Crippen LogP contribution in [0, 0.1) is 10.1 Å². The van der Waals surface area contributed by atoms with E-state index in [1.54, 1.807) is 12.1 Å². The van der Waals surface area contributed by atoms with E-state index in [4.69, 9.17) is 11.6 Å². The first-order valence-corrected chi connectivity index (χ1v) is 5.25. The normalized spacial score (nSPS) is 10.3. The molecule has 0 N–H and O–H groups in total. The molecule has 0 aliphatic rings. The van der Waals surface area contributed by atoms with Gasteiger partial charge in [0.1, 0.15) is 6.20 Å². The second kappa shape index (κ2) is 4.92. The van der Waals surface area contributed by atoms with E-state index in [0.717, 1.165) is 17.0 Å². The summed E-state index contributed by atoms with van der Waals surface area (Å²) in [5, 5.41) is 11.1. The van der Waals surface area contributed by atoms with Crippen LogP contribution in [0.15, 0.2) is 35.5 Å². The molecule has 0 radical (unpaired) electrons. The number of aromatic nitrogens is 3. The summed E-state index contributed by atoms with van der Waals surface area (Å²) in [5.41, 5.74) is -0.314. The average molecular weight is 267 g/mol. The maximum atomic E-state index is 11.5. The van der Waals surface area contributed by atoms with Gasteiger partial charge in [0, 0.05) is 11.2 Å². The molecule has 0 bridgehead atoms. The predicted octanol–water partition coefficient (Wildman–Crippen LogP) is 1.25. The minimum atomic E-state index is -0.617. The molecular weight excluding hydrogens is 260 g/mol. The number of pyridine rings is 1. The lowest BCUT2D eigenvalue weighted by molar-refractivity contribution is -0.385. The molecule has 0 aliphatic heterocycles. The molecule has 0 saturated heterocycles. The average Bonchev–Trinajstić information content (AvgIpc) is 2.31. The third-order valence-corrected chi connectivity index (χ3v) is 2.40. The zero-order valence-electron chi connectivity index (χ0n) is 8.99. The molecule has 2 heterocycles. The van der Waals surface area contributed by atoms with E-state index < -0.39 is 10.6 Å².